The van der Waals surface area contributed by atoms with Gasteiger partial charge in [-0.1, -0.05) is 6.92 Å². The van der Waals surface area contributed by atoms with Crippen molar-refractivity contribution in [2.45, 2.75) is 13.3 Å². The van der Waals surface area contributed by atoms with E-state index >= 15 is 0 Å². The van der Waals surface area contributed by atoms with E-state index in [-0.39, 0.29) is 5.91 Å². The fourth-order valence-electron chi connectivity index (χ4n) is 1.75. The van der Waals surface area contributed by atoms with E-state index in [0.717, 1.165) is 12.1 Å². The van der Waals surface area contributed by atoms with Crippen LogP contribution in [0.15, 0.2) is 24.7 Å². The second-order valence-corrected chi connectivity index (χ2v) is 3.98. The van der Waals surface area contributed by atoms with E-state index in [9.17, 15) is 4.79 Å². The van der Waals surface area contributed by atoms with Gasteiger partial charge in [-0.15, -0.1) is 0 Å². The molecule has 0 saturated carbocycles. The van der Waals surface area contributed by atoms with E-state index < -0.39 is 0 Å². The van der Waals surface area contributed by atoms with Crippen molar-refractivity contribution in [3.63, 3.8) is 0 Å². The zero-order chi connectivity index (χ0) is 13.1. The smallest absolute Gasteiger partial charge is 0.261 e. The number of nitrogens with zero attached hydrogens (tertiary/aromatic N) is 5. The molecule has 0 bridgehead atoms. The highest BCUT2D eigenvalue weighted by Crippen LogP contribution is 2.15. The summed E-state index contributed by atoms with van der Waals surface area (Å²) < 4.78 is 1.66. The van der Waals surface area contributed by atoms with Crippen LogP contribution in [0.4, 0.5) is 5.69 Å². The number of hydrogen-bond acceptors (Lipinski definition) is 4. The lowest BCUT2D eigenvalue weighted by Gasteiger charge is -2.15. The Morgan fingerprint density at radius 3 is 2.83 bits per heavy atom. The highest BCUT2D eigenvalue weighted by atomic mass is 16.2. The first-order valence-corrected chi connectivity index (χ1v) is 5.70. The minimum atomic E-state index is -0.0899. The van der Waals surface area contributed by atoms with Crippen molar-refractivity contribution in [2.24, 2.45) is 7.05 Å². The summed E-state index contributed by atoms with van der Waals surface area (Å²) in [6.45, 7) is 1.98. The second kappa shape index (κ2) is 4.95. The monoisotopic (exact) mass is 245 g/mol. The number of aryl methyl sites for hydroxylation is 2. The maximum absolute atomic E-state index is 12.4. The van der Waals surface area contributed by atoms with Crippen LogP contribution in [0.2, 0.25) is 0 Å². The van der Waals surface area contributed by atoms with Gasteiger partial charge in [0.1, 0.15) is 0 Å². The number of rotatable bonds is 3. The van der Waals surface area contributed by atoms with Gasteiger partial charge in [-0.25, -0.2) is 0 Å². The van der Waals surface area contributed by atoms with Gasteiger partial charge in [0.25, 0.3) is 5.91 Å². The number of amides is 1. The predicted molar refractivity (Wildman–Crippen MR) is 67.4 cm³/mol. The summed E-state index contributed by atoms with van der Waals surface area (Å²) in [6, 6.07) is 1.74. The van der Waals surface area contributed by atoms with Gasteiger partial charge in [0.2, 0.25) is 0 Å². The zero-order valence-electron chi connectivity index (χ0n) is 10.7. The van der Waals surface area contributed by atoms with Crippen LogP contribution in [-0.4, -0.2) is 32.9 Å². The summed E-state index contributed by atoms with van der Waals surface area (Å²) in [5.74, 6) is -0.0899. The third-order valence-electron chi connectivity index (χ3n) is 2.73. The molecule has 1 amide bonds. The largest absolute Gasteiger partial charge is 0.310 e. The average molecular weight is 245 g/mol. The molecule has 0 N–H and O–H groups in total. The number of carbonyl (C=O) groups excluding carboxylic acids is 1. The van der Waals surface area contributed by atoms with Gasteiger partial charge >= 0.3 is 0 Å². The van der Waals surface area contributed by atoms with Crippen LogP contribution < -0.4 is 4.90 Å². The molecule has 0 aromatic carbocycles. The summed E-state index contributed by atoms with van der Waals surface area (Å²) in [5.41, 5.74) is 2.14. The minimum Gasteiger partial charge on any atom is -0.310 e. The van der Waals surface area contributed by atoms with E-state index in [1.807, 2.05) is 14.0 Å². The fourth-order valence-corrected chi connectivity index (χ4v) is 1.75. The Balaban J connectivity index is 2.31. The lowest BCUT2D eigenvalue weighted by Crippen LogP contribution is -2.26. The lowest BCUT2D eigenvalue weighted by atomic mass is 10.2. The fraction of sp³-hybridized carbons (Fsp3) is 0.333. The molecule has 6 heteroatoms. The normalized spacial score (nSPS) is 10.4. The molecule has 94 valence electrons. The van der Waals surface area contributed by atoms with Crippen molar-refractivity contribution < 1.29 is 4.79 Å². The maximum atomic E-state index is 12.4. The Morgan fingerprint density at radius 2 is 2.22 bits per heavy atom. The van der Waals surface area contributed by atoms with Crippen LogP contribution in [0.5, 0.6) is 0 Å². The van der Waals surface area contributed by atoms with Crippen molar-refractivity contribution in [1.82, 2.24) is 20.0 Å². The topological polar surface area (TPSA) is 63.9 Å². The molecule has 0 saturated heterocycles. The van der Waals surface area contributed by atoms with Crippen LogP contribution in [0.1, 0.15) is 23.0 Å². The zero-order valence-corrected chi connectivity index (χ0v) is 10.7. The minimum absolute atomic E-state index is 0.0899. The summed E-state index contributed by atoms with van der Waals surface area (Å²) in [5, 5.41) is 11.7. The molecule has 0 spiro atoms. The van der Waals surface area contributed by atoms with Gasteiger partial charge in [-0.2, -0.15) is 15.3 Å². The van der Waals surface area contributed by atoms with E-state index in [1.54, 1.807) is 41.3 Å². The number of carbonyl (C=O) groups is 1. The Hall–Kier alpha value is -2.24. The second-order valence-electron chi connectivity index (χ2n) is 3.98. The molecule has 0 atom stereocenters. The number of aromatic nitrogens is 4. The molecule has 0 unspecified atom stereocenters. The molecule has 2 aromatic rings. The van der Waals surface area contributed by atoms with Crippen molar-refractivity contribution in [1.29, 1.82) is 0 Å². The van der Waals surface area contributed by atoms with Crippen molar-refractivity contribution in [3.05, 3.63) is 35.9 Å². The van der Waals surface area contributed by atoms with E-state index in [1.165, 1.54) is 0 Å². The first-order chi connectivity index (χ1) is 8.63. The van der Waals surface area contributed by atoms with Gasteiger partial charge in [0, 0.05) is 20.3 Å². The standard InChI is InChI=1S/C12H15N5O/c1-4-11-10(8-16(2)15-11)12(18)17(3)9-5-6-13-14-7-9/h5-8H,4H2,1-3H3. The van der Waals surface area contributed by atoms with Crippen LogP contribution in [0, 0.1) is 0 Å². The van der Waals surface area contributed by atoms with E-state index in [0.29, 0.717) is 11.3 Å². The first kappa shape index (κ1) is 12.2. The SMILES string of the molecule is CCc1nn(C)cc1C(=O)N(C)c1ccnnc1. The molecular weight excluding hydrogens is 230 g/mol. The van der Waals surface area contributed by atoms with E-state index in [4.69, 9.17) is 0 Å². The Kier molecular flexibility index (Phi) is 3.36. The maximum Gasteiger partial charge on any atom is 0.261 e. The molecule has 18 heavy (non-hydrogen) atoms. The molecule has 0 aliphatic carbocycles. The summed E-state index contributed by atoms with van der Waals surface area (Å²) in [7, 11) is 3.52. The van der Waals surface area contributed by atoms with Crippen LogP contribution in [0.25, 0.3) is 0 Å². The highest BCUT2D eigenvalue weighted by molar-refractivity contribution is 6.06. The van der Waals surface area contributed by atoms with Crippen molar-refractivity contribution in [3.8, 4) is 0 Å². The molecule has 0 aliphatic rings. The Morgan fingerprint density at radius 1 is 1.44 bits per heavy atom. The van der Waals surface area contributed by atoms with Crippen molar-refractivity contribution in [2.75, 3.05) is 11.9 Å². The quantitative estimate of drug-likeness (QED) is 0.810. The lowest BCUT2D eigenvalue weighted by molar-refractivity contribution is 0.0992. The molecule has 2 rings (SSSR count). The highest BCUT2D eigenvalue weighted by Gasteiger charge is 2.19. The number of anilines is 1. The molecule has 6 nitrogen and oxygen atoms in total. The average Bonchev–Trinajstić information content (AvgIpc) is 2.79. The Labute approximate surface area is 105 Å². The summed E-state index contributed by atoms with van der Waals surface area (Å²) in [6.07, 6.45) is 5.58. The first-order valence-electron chi connectivity index (χ1n) is 5.70. The van der Waals surface area contributed by atoms with Crippen LogP contribution >= 0.6 is 0 Å². The predicted octanol–water partition coefficient (Wildman–Crippen LogP) is 1.05. The van der Waals surface area contributed by atoms with Crippen LogP contribution in [0.3, 0.4) is 0 Å². The van der Waals surface area contributed by atoms with Gasteiger partial charge in [0.05, 0.1) is 29.3 Å². The number of hydrogen-bond donors (Lipinski definition) is 0. The molecule has 2 heterocycles. The van der Waals surface area contributed by atoms with Gasteiger partial charge in [-0.05, 0) is 12.5 Å². The van der Waals surface area contributed by atoms with Gasteiger partial charge < -0.3 is 4.90 Å². The molecule has 0 aliphatic heterocycles. The summed E-state index contributed by atoms with van der Waals surface area (Å²) in [4.78, 5) is 13.9. The third-order valence-corrected chi connectivity index (χ3v) is 2.73. The van der Waals surface area contributed by atoms with Crippen LogP contribution in [-0.2, 0) is 13.5 Å². The Bertz CT molecular complexity index is 549. The third kappa shape index (κ3) is 2.22. The molecular formula is C12H15N5O. The molecule has 0 radical (unpaired) electrons. The molecule has 0 fully saturated rings. The van der Waals surface area contributed by atoms with Gasteiger partial charge in [0.15, 0.2) is 0 Å². The van der Waals surface area contributed by atoms with Crippen molar-refractivity contribution >= 4 is 11.6 Å². The molecule has 2 aromatic heterocycles. The summed E-state index contributed by atoms with van der Waals surface area (Å²) >= 11 is 0. The van der Waals surface area contributed by atoms with E-state index in [2.05, 4.69) is 15.3 Å². The van der Waals surface area contributed by atoms with Gasteiger partial charge in [-0.3, -0.25) is 9.48 Å².